The SMILES string of the molecule is CC(C)Nc1cnc2[nH]cc(C/C=C(\C#N)C(N)=O)c2n1. The third-order valence-corrected chi connectivity index (χ3v) is 2.81. The second-order valence-electron chi connectivity index (χ2n) is 4.86. The van der Waals surface area contributed by atoms with Crippen LogP contribution >= 0.6 is 0 Å². The Hall–Kier alpha value is -2.88. The summed E-state index contributed by atoms with van der Waals surface area (Å²) in [6.45, 7) is 4.03. The van der Waals surface area contributed by atoms with E-state index in [-0.39, 0.29) is 11.6 Å². The molecule has 0 saturated carbocycles. The van der Waals surface area contributed by atoms with Crippen LogP contribution in [0.2, 0.25) is 0 Å². The smallest absolute Gasteiger partial charge is 0.259 e. The van der Waals surface area contributed by atoms with Gasteiger partial charge in [0.15, 0.2) is 5.65 Å². The zero-order valence-electron chi connectivity index (χ0n) is 11.8. The molecule has 2 aromatic heterocycles. The van der Waals surface area contributed by atoms with E-state index in [9.17, 15) is 4.79 Å². The van der Waals surface area contributed by atoms with Crippen molar-refractivity contribution in [1.29, 1.82) is 5.26 Å². The molecule has 0 saturated heterocycles. The van der Waals surface area contributed by atoms with Gasteiger partial charge in [0, 0.05) is 17.8 Å². The Bertz CT molecular complexity index is 737. The topological polar surface area (TPSA) is 120 Å². The minimum absolute atomic E-state index is 0.0613. The zero-order valence-corrected chi connectivity index (χ0v) is 11.8. The summed E-state index contributed by atoms with van der Waals surface area (Å²) in [6.07, 6.45) is 5.29. The zero-order chi connectivity index (χ0) is 15.4. The van der Waals surface area contributed by atoms with E-state index in [0.717, 1.165) is 5.56 Å². The van der Waals surface area contributed by atoms with Gasteiger partial charge in [0.05, 0.1) is 6.20 Å². The standard InChI is InChI=1S/C14H16N6O/c1-8(2)19-11-7-18-14-12(20-11)10(6-17-14)4-3-9(5-15)13(16)21/h3,6-8H,4H2,1-2H3,(H2,16,21)(H,17,18)(H,19,20)/b9-3+. The van der Waals surface area contributed by atoms with Crippen molar-refractivity contribution in [3.8, 4) is 6.07 Å². The molecule has 0 unspecified atom stereocenters. The number of H-pyrrole nitrogens is 1. The maximum Gasteiger partial charge on any atom is 0.259 e. The van der Waals surface area contributed by atoms with Crippen LogP contribution in [0.1, 0.15) is 19.4 Å². The lowest BCUT2D eigenvalue weighted by Crippen LogP contribution is -2.12. The molecule has 2 aromatic rings. The Morgan fingerprint density at radius 1 is 1.62 bits per heavy atom. The van der Waals surface area contributed by atoms with Gasteiger partial charge in [-0.15, -0.1) is 0 Å². The molecule has 0 spiro atoms. The lowest BCUT2D eigenvalue weighted by molar-refractivity contribution is -0.114. The first-order valence-corrected chi connectivity index (χ1v) is 6.51. The van der Waals surface area contributed by atoms with Gasteiger partial charge in [0.2, 0.25) is 0 Å². The highest BCUT2D eigenvalue weighted by Crippen LogP contribution is 2.17. The van der Waals surface area contributed by atoms with Gasteiger partial charge in [0.1, 0.15) is 23.0 Å². The van der Waals surface area contributed by atoms with Gasteiger partial charge in [-0.2, -0.15) is 5.26 Å². The number of carbonyl (C=O) groups is 1. The molecule has 0 bridgehead atoms. The van der Waals surface area contributed by atoms with Crippen molar-refractivity contribution < 1.29 is 4.79 Å². The molecule has 0 fully saturated rings. The van der Waals surface area contributed by atoms with Crippen molar-refractivity contribution in [3.05, 3.63) is 29.6 Å². The van der Waals surface area contributed by atoms with E-state index in [1.807, 2.05) is 13.8 Å². The van der Waals surface area contributed by atoms with E-state index in [2.05, 4.69) is 20.3 Å². The van der Waals surface area contributed by atoms with E-state index in [1.165, 1.54) is 6.08 Å². The van der Waals surface area contributed by atoms with E-state index >= 15 is 0 Å². The number of fused-ring (bicyclic) bond motifs is 1. The fraction of sp³-hybridized carbons (Fsp3) is 0.286. The highest BCUT2D eigenvalue weighted by atomic mass is 16.1. The summed E-state index contributed by atoms with van der Waals surface area (Å²) in [4.78, 5) is 22.8. The molecule has 4 N–H and O–H groups in total. The van der Waals surface area contributed by atoms with Gasteiger partial charge in [-0.1, -0.05) is 6.08 Å². The van der Waals surface area contributed by atoms with Crippen molar-refractivity contribution in [1.82, 2.24) is 15.0 Å². The lowest BCUT2D eigenvalue weighted by atomic mass is 10.1. The Morgan fingerprint density at radius 2 is 2.38 bits per heavy atom. The van der Waals surface area contributed by atoms with Crippen LogP contribution in [0.3, 0.4) is 0 Å². The number of anilines is 1. The van der Waals surface area contributed by atoms with Gasteiger partial charge >= 0.3 is 0 Å². The Labute approximate surface area is 121 Å². The number of rotatable bonds is 5. The number of aromatic amines is 1. The summed E-state index contributed by atoms with van der Waals surface area (Å²) >= 11 is 0. The van der Waals surface area contributed by atoms with Crippen molar-refractivity contribution in [2.75, 3.05) is 5.32 Å². The molecule has 2 rings (SSSR count). The number of allylic oxidation sites excluding steroid dienone is 1. The fourth-order valence-corrected chi connectivity index (χ4v) is 1.88. The third-order valence-electron chi connectivity index (χ3n) is 2.81. The number of hydrogen-bond acceptors (Lipinski definition) is 5. The van der Waals surface area contributed by atoms with Crippen LogP contribution in [-0.2, 0) is 11.2 Å². The Kier molecular flexibility index (Phi) is 4.18. The number of nitrogens with two attached hydrogens (primary N) is 1. The third kappa shape index (κ3) is 3.36. The average molecular weight is 284 g/mol. The van der Waals surface area contributed by atoms with Crippen LogP contribution in [0.15, 0.2) is 24.0 Å². The second-order valence-corrected chi connectivity index (χ2v) is 4.86. The number of nitrogens with zero attached hydrogens (tertiary/aromatic N) is 3. The summed E-state index contributed by atoms with van der Waals surface area (Å²) in [5.74, 6) is -0.0525. The second kappa shape index (κ2) is 6.05. The number of hydrogen-bond donors (Lipinski definition) is 3. The molecule has 0 radical (unpaired) electrons. The summed E-state index contributed by atoms with van der Waals surface area (Å²) in [5.41, 5.74) is 7.25. The van der Waals surface area contributed by atoms with Crippen molar-refractivity contribution in [3.63, 3.8) is 0 Å². The van der Waals surface area contributed by atoms with Gasteiger partial charge < -0.3 is 16.0 Å². The van der Waals surface area contributed by atoms with Gasteiger partial charge in [-0.25, -0.2) is 9.97 Å². The molecule has 108 valence electrons. The monoisotopic (exact) mass is 284 g/mol. The van der Waals surface area contributed by atoms with Crippen molar-refractivity contribution >= 4 is 22.9 Å². The predicted octanol–water partition coefficient (Wildman–Crippen LogP) is 1.26. The Morgan fingerprint density at radius 3 is 3.00 bits per heavy atom. The fourth-order valence-electron chi connectivity index (χ4n) is 1.88. The van der Waals surface area contributed by atoms with E-state index in [4.69, 9.17) is 11.0 Å². The normalized spacial score (nSPS) is 11.6. The maximum absolute atomic E-state index is 11.0. The average Bonchev–Trinajstić information content (AvgIpc) is 2.81. The predicted molar refractivity (Wildman–Crippen MR) is 79.2 cm³/mol. The molecular weight excluding hydrogens is 268 g/mol. The summed E-state index contributed by atoms with van der Waals surface area (Å²) in [5, 5.41) is 12.0. The van der Waals surface area contributed by atoms with Gasteiger partial charge in [0.25, 0.3) is 5.91 Å². The summed E-state index contributed by atoms with van der Waals surface area (Å²) < 4.78 is 0. The number of amides is 1. The molecule has 0 aliphatic rings. The number of carbonyl (C=O) groups excluding carboxylic acids is 1. The van der Waals surface area contributed by atoms with Crippen LogP contribution in [0.5, 0.6) is 0 Å². The molecule has 0 aliphatic carbocycles. The molecule has 7 nitrogen and oxygen atoms in total. The van der Waals surface area contributed by atoms with Crippen LogP contribution in [0.25, 0.3) is 11.2 Å². The number of primary amides is 1. The van der Waals surface area contributed by atoms with Crippen molar-refractivity contribution in [2.45, 2.75) is 26.3 Å². The van der Waals surface area contributed by atoms with E-state index < -0.39 is 5.91 Å². The molecule has 1 amide bonds. The van der Waals surface area contributed by atoms with Gasteiger partial charge in [-0.3, -0.25) is 4.79 Å². The number of aromatic nitrogens is 3. The van der Waals surface area contributed by atoms with Crippen LogP contribution in [0.4, 0.5) is 5.82 Å². The minimum atomic E-state index is -0.731. The Balaban J connectivity index is 2.32. The molecule has 21 heavy (non-hydrogen) atoms. The van der Waals surface area contributed by atoms with E-state index in [1.54, 1.807) is 18.5 Å². The summed E-state index contributed by atoms with van der Waals surface area (Å²) in [7, 11) is 0. The number of nitrogens with one attached hydrogen (secondary N) is 2. The van der Waals surface area contributed by atoms with Crippen LogP contribution in [-0.4, -0.2) is 26.9 Å². The van der Waals surface area contributed by atoms with Crippen LogP contribution in [0, 0.1) is 11.3 Å². The first-order valence-electron chi connectivity index (χ1n) is 6.51. The van der Waals surface area contributed by atoms with Crippen LogP contribution < -0.4 is 11.1 Å². The molecule has 0 atom stereocenters. The molecule has 0 aliphatic heterocycles. The quantitative estimate of drug-likeness (QED) is 0.563. The summed E-state index contributed by atoms with van der Waals surface area (Å²) in [6, 6.07) is 2.03. The van der Waals surface area contributed by atoms with Crippen molar-refractivity contribution in [2.24, 2.45) is 5.73 Å². The molecule has 0 aromatic carbocycles. The first kappa shape index (κ1) is 14.5. The lowest BCUT2D eigenvalue weighted by Gasteiger charge is -2.08. The molecular formula is C14H16N6O. The highest BCUT2D eigenvalue weighted by Gasteiger charge is 2.09. The van der Waals surface area contributed by atoms with Gasteiger partial charge in [-0.05, 0) is 20.3 Å². The molecule has 7 heteroatoms. The number of nitriles is 1. The maximum atomic E-state index is 11.0. The minimum Gasteiger partial charge on any atom is -0.367 e. The highest BCUT2D eigenvalue weighted by molar-refractivity contribution is 5.96. The first-order chi connectivity index (χ1) is 10.0. The largest absolute Gasteiger partial charge is 0.367 e. The molecule has 2 heterocycles. The van der Waals surface area contributed by atoms with E-state index in [0.29, 0.717) is 23.4 Å².